The Morgan fingerprint density at radius 3 is 3.00 bits per heavy atom. The van der Waals surface area contributed by atoms with E-state index in [4.69, 9.17) is 11.6 Å². The molecule has 7 nitrogen and oxygen atoms in total. The number of aromatic nitrogens is 5. The van der Waals surface area contributed by atoms with Gasteiger partial charge in [-0.05, 0) is 11.6 Å². The first-order chi connectivity index (χ1) is 8.69. The molecule has 94 valence electrons. The van der Waals surface area contributed by atoms with E-state index >= 15 is 0 Å². The number of imidazole rings is 1. The summed E-state index contributed by atoms with van der Waals surface area (Å²) in [6.45, 7) is 0. The highest BCUT2D eigenvalue weighted by atomic mass is 35.5. The molecule has 2 aromatic rings. The van der Waals surface area contributed by atoms with Gasteiger partial charge in [-0.25, -0.2) is 4.98 Å². The summed E-state index contributed by atoms with van der Waals surface area (Å²) in [5.41, 5.74) is 0. The Hall–Kier alpha value is -1.67. The first-order valence-electron chi connectivity index (χ1n) is 4.78. The monoisotopic (exact) mass is 285 g/mol. The smallest absolute Gasteiger partial charge is 0.316 e. The first-order valence-corrected chi connectivity index (χ1v) is 6.15. The highest BCUT2D eigenvalue weighted by Crippen LogP contribution is 2.16. The average molecular weight is 286 g/mol. The van der Waals surface area contributed by atoms with Crippen molar-refractivity contribution in [1.82, 2.24) is 24.5 Å². The van der Waals surface area contributed by atoms with Gasteiger partial charge in [0.2, 0.25) is 11.2 Å². The predicted octanol–water partition coefficient (Wildman–Crippen LogP) is 0.976. The van der Waals surface area contributed by atoms with E-state index in [-0.39, 0.29) is 17.0 Å². The summed E-state index contributed by atoms with van der Waals surface area (Å²) in [6.07, 6.45) is 4.82. The number of ether oxygens (including phenoxy) is 1. The number of methoxy groups -OCH3 is 1. The number of carbonyl (C=O) groups is 1. The maximum Gasteiger partial charge on any atom is 0.316 e. The molecular formula is C9H8ClN5O2S. The van der Waals surface area contributed by atoms with Gasteiger partial charge >= 0.3 is 5.97 Å². The van der Waals surface area contributed by atoms with Crippen LogP contribution in [0.2, 0.25) is 5.28 Å². The van der Waals surface area contributed by atoms with Gasteiger partial charge in [0, 0.05) is 12.4 Å². The number of nitrogens with zero attached hydrogens (tertiary/aromatic N) is 5. The number of rotatable bonds is 4. The number of esters is 1. The summed E-state index contributed by atoms with van der Waals surface area (Å²) in [4.78, 5) is 26.9. The van der Waals surface area contributed by atoms with Gasteiger partial charge < -0.3 is 4.74 Å². The van der Waals surface area contributed by atoms with Crippen molar-refractivity contribution in [2.45, 2.75) is 5.16 Å². The summed E-state index contributed by atoms with van der Waals surface area (Å²) in [6, 6.07) is 0. The highest BCUT2D eigenvalue weighted by molar-refractivity contribution is 7.99. The Bertz CT molecular complexity index is 548. The molecule has 0 unspecified atom stereocenters. The molecule has 0 aliphatic carbocycles. The molecule has 0 bridgehead atoms. The van der Waals surface area contributed by atoms with E-state index in [1.165, 1.54) is 7.11 Å². The standard InChI is InChI=1S/C9H8ClN5O2S/c1-17-6(16)4-18-9-13-7(10)12-8(14-9)15-3-2-11-5-15/h2-3,5H,4H2,1H3. The molecule has 0 aliphatic heterocycles. The summed E-state index contributed by atoms with van der Waals surface area (Å²) >= 11 is 6.91. The van der Waals surface area contributed by atoms with Crippen molar-refractivity contribution in [1.29, 1.82) is 0 Å². The predicted molar refractivity (Wildman–Crippen MR) is 64.7 cm³/mol. The molecule has 0 amide bonds. The number of thioether (sulfide) groups is 1. The van der Waals surface area contributed by atoms with Gasteiger partial charge in [-0.3, -0.25) is 9.36 Å². The molecule has 2 aromatic heterocycles. The molecular weight excluding hydrogens is 278 g/mol. The van der Waals surface area contributed by atoms with Crippen molar-refractivity contribution in [2.24, 2.45) is 0 Å². The maximum absolute atomic E-state index is 11.0. The Balaban J connectivity index is 2.19. The van der Waals surface area contributed by atoms with Crippen LogP contribution in [0, 0.1) is 0 Å². The van der Waals surface area contributed by atoms with Crippen molar-refractivity contribution < 1.29 is 9.53 Å². The normalized spacial score (nSPS) is 10.3. The minimum absolute atomic E-state index is 0.0565. The minimum Gasteiger partial charge on any atom is -0.468 e. The van der Waals surface area contributed by atoms with Crippen LogP contribution in [0.4, 0.5) is 0 Å². The van der Waals surface area contributed by atoms with Crippen LogP contribution < -0.4 is 0 Å². The van der Waals surface area contributed by atoms with E-state index in [9.17, 15) is 4.79 Å². The van der Waals surface area contributed by atoms with Gasteiger partial charge in [-0.1, -0.05) is 11.8 Å². The fourth-order valence-electron chi connectivity index (χ4n) is 1.06. The Kier molecular flexibility index (Phi) is 4.11. The zero-order valence-corrected chi connectivity index (χ0v) is 10.9. The molecule has 9 heteroatoms. The van der Waals surface area contributed by atoms with E-state index in [1.54, 1.807) is 23.3 Å². The molecule has 0 N–H and O–H groups in total. The molecule has 0 saturated carbocycles. The van der Waals surface area contributed by atoms with E-state index in [2.05, 4.69) is 24.7 Å². The van der Waals surface area contributed by atoms with Gasteiger partial charge in [-0.2, -0.15) is 15.0 Å². The lowest BCUT2D eigenvalue weighted by Gasteiger charge is -2.03. The zero-order valence-electron chi connectivity index (χ0n) is 9.28. The summed E-state index contributed by atoms with van der Waals surface area (Å²) in [7, 11) is 1.32. The SMILES string of the molecule is COC(=O)CSc1nc(Cl)nc(-n2ccnc2)n1. The lowest BCUT2D eigenvalue weighted by atomic mass is 10.8. The third kappa shape index (κ3) is 3.17. The number of hydrogen-bond acceptors (Lipinski definition) is 7. The molecule has 18 heavy (non-hydrogen) atoms. The van der Waals surface area contributed by atoms with Crippen LogP contribution in [0.15, 0.2) is 23.9 Å². The fraction of sp³-hybridized carbons (Fsp3) is 0.222. The van der Waals surface area contributed by atoms with Crippen molar-refractivity contribution in [3.8, 4) is 5.95 Å². The van der Waals surface area contributed by atoms with E-state index < -0.39 is 0 Å². The van der Waals surface area contributed by atoms with Crippen LogP contribution in [0.5, 0.6) is 0 Å². The van der Waals surface area contributed by atoms with Crippen molar-refractivity contribution in [2.75, 3.05) is 12.9 Å². The lowest BCUT2D eigenvalue weighted by Crippen LogP contribution is -2.06. The van der Waals surface area contributed by atoms with E-state index in [0.717, 1.165) is 11.8 Å². The van der Waals surface area contributed by atoms with Gasteiger partial charge in [0.05, 0.1) is 12.9 Å². The second-order valence-corrected chi connectivity index (χ2v) is 4.30. The number of hydrogen-bond donors (Lipinski definition) is 0. The van der Waals surface area contributed by atoms with Gasteiger partial charge in [0.15, 0.2) is 5.16 Å². The van der Waals surface area contributed by atoms with Gasteiger partial charge in [-0.15, -0.1) is 0 Å². The third-order valence-corrected chi connectivity index (χ3v) is 2.85. The first kappa shape index (κ1) is 12.8. The van der Waals surface area contributed by atoms with Crippen LogP contribution in [0.25, 0.3) is 5.95 Å². The largest absolute Gasteiger partial charge is 0.468 e. The summed E-state index contributed by atoms with van der Waals surface area (Å²) in [5.74, 6) is 0.0980. The topological polar surface area (TPSA) is 82.8 Å². The van der Waals surface area contributed by atoms with Crippen LogP contribution in [0.1, 0.15) is 0 Å². The molecule has 0 saturated heterocycles. The molecule has 0 fully saturated rings. The van der Waals surface area contributed by atoms with Crippen molar-refractivity contribution in [3.63, 3.8) is 0 Å². The second-order valence-electron chi connectivity index (χ2n) is 3.02. The van der Waals surface area contributed by atoms with Crippen molar-refractivity contribution in [3.05, 3.63) is 24.0 Å². The highest BCUT2D eigenvalue weighted by Gasteiger charge is 2.09. The second kappa shape index (κ2) is 5.78. The van der Waals surface area contributed by atoms with Gasteiger partial charge in [0.1, 0.15) is 6.33 Å². The fourth-order valence-corrected chi connectivity index (χ4v) is 1.93. The Morgan fingerprint density at radius 2 is 2.33 bits per heavy atom. The van der Waals surface area contributed by atoms with Crippen LogP contribution in [0.3, 0.4) is 0 Å². The van der Waals surface area contributed by atoms with Crippen molar-refractivity contribution >= 4 is 29.3 Å². The molecule has 2 rings (SSSR count). The quantitative estimate of drug-likeness (QED) is 0.611. The third-order valence-electron chi connectivity index (χ3n) is 1.86. The molecule has 2 heterocycles. The molecule has 0 radical (unpaired) electrons. The zero-order chi connectivity index (χ0) is 13.0. The summed E-state index contributed by atoms with van der Waals surface area (Å²) in [5, 5.41) is 0.408. The lowest BCUT2D eigenvalue weighted by molar-refractivity contribution is -0.137. The molecule has 0 atom stereocenters. The van der Waals surface area contributed by atoms with Crippen LogP contribution in [-0.4, -0.2) is 43.3 Å². The Morgan fingerprint density at radius 1 is 1.50 bits per heavy atom. The molecule has 0 spiro atoms. The van der Waals surface area contributed by atoms with E-state index in [0.29, 0.717) is 11.1 Å². The minimum atomic E-state index is -0.360. The Labute approximate surface area is 112 Å². The molecule has 0 aliphatic rings. The van der Waals surface area contributed by atoms with Crippen LogP contribution >= 0.6 is 23.4 Å². The van der Waals surface area contributed by atoms with Gasteiger partial charge in [0.25, 0.3) is 0 Å². The maximum atomic E-state index is 11.0. The average Bonchev–Trinajstić information content (AvgIpc) is 2.89. The summed E-state index contributed by atoms with van der Waals surface area (Å²) < 4.78 is 6.12. The van der Waals surface area contributed by atoms with Crippen LogP contribution in [-0.2, 0) is 9.53 Å². The van der Waals surface area contributed by atoms with E-state index in [1.807, 2.05) is 0 Å². The number of carbonyl (C=O) groups excluding carboxylic acids is 1. The molecule has 0 aromatic carbocycles. The number of halogens is 1.